The van der Waals surface area contributed by atoms with E-state index in [9.17, 15) is 19.5 Å². The molecule has 1 aliphatic carbocycles. The number of alkyl carbamates (subject to hydrolysis) is 1. The van der Waals surface area contributed by atoms with E-state index in [1.807, 2.05) is 48.5 Å². The van der Waals surface area contributed by atoms with Crippen molar-refractivity contribution in [2.45, 2.75) is 25.8 Å². The Morgan fingerprint density at radius 1 is 1.09 bits per heavy atom. The van der Waals surface area contributed by atoms with Gasteiger partial charge in [0.25, 0.3) is 0 Å². The molecule has 0 radical (unpaired) electrons. The highest BCUT2D eigenvalue weighted by Gasteiger charge is 2.29. The van der Waals surface area contributed by atoms with Crippen LogP contribution in [0, 0.1) is 6.92 Å². The van der Waals surface area contributed by atoms with Gasteiger partial charge < -0.3 is 20.5 Å². The van der Waals surface area contributed by atoms with Crippen molar-refractivity contribution >= 4 is 34.5 Å². The van der Waals surface area contributed by atoms with Crippen LogP contribution in [0.5, 0.6) is 0 Å². The maximum Gasteiger partial charge on any atom is 0.407 e. The second-order valence-electron chi connectivity index (χ2n) is 7.46. The number of carbonyl (C=O) groups is 3. The number of fused-ring (bicyclic) bond motifs is 3. The maximum absolute atomic E-state index is 12.4. The monoisotopic (exact) mass is 451 g/mol. The summed E-state index contributed by atoms with van der Waals surface area (Å²) in [4.78, 5) is 36.1. The molecule has 2 amide bonds. The van der Waals surface area contributed by atoms with Gasteiger partial charge >= 0.3 is 12.1 Å². The molecule has 9 heteroatoms. The average molecular weight is 452 g/mol. The average Bonchev–Trinajstić information content (AvgIpc) is 3.29. The fourth-order valence-corrected chi connectivity index (χ4v) is 4.60. The lowest BCUT2D eigenvalue weighted by molar-refractivity contribution is -0.117. The van der Waals surface area contributed by atoms with E-state index in [-0.39, 0.29) is 23.1 Å². The van der Waals surface area contributed by atoms with E-state index in [0.717, 1.165) is 33.8 Å². The van der Waals surface area contributed by atoms with Crippen LogP contribution < -0.4 is 10.6 Å². The van der Waals surface area contributed by atoms with Crippen molar-refractivity contribution in [3.63, 3.8) is 0 Å². The van der Waals surface area contributed by atoms with Gasteiger partial charge in [-0.1, -0.05) is 48.5 Å². The molecule has 3 aromatic rings. The Bertz CT molecular complexity index is 1160. The third-order valence-corrected chi connectivity index (χ3v) is 6.24. The van der Waals surface area contributed by atoms with Gasteiger partial charge in [-0.3, -0.25) is 4.79 Å². The van der Waals surface area contributed by atoms with Crippen molar-refractivity contribution in [2.75, 3.05) is 11.9 Å². The molecule has 8 nitrogen and oxygen atoms in total. The van der Waals surface area contributed by atoms with Crippen molar-refractivity contribution in [2.24, 2.45) is 0 Å². The first-order valence-electron chi connectivity index (χ1n) is 9.98. The molecule has 1 aromatic heterocycles. The van der Waals surface area contributed by atoms with Gasteiger partial charge in [0, 0.05) is 5.92 Å². The molecule has 0 saturated heterocycles. The predicted molar refractivity (Wildman–Crippen MR) is 120 cm³/mol. The highest BCUT2D eigenvalue weighted by molar-refractivity contribution is 7.11. The highest BCUT2D eigenvalue weighted by Crippen LogP contribution is 2.44. The van der Waals surface area contributed by atoms with Crippen molar-refractivity contribution in [3.8, 4) is 11.1 Å². The Kier molecular flexibility index (Phi) is 5.91. The molecule has 0 spiro atoms. The Morgan fingerprint density at radius 2 is 1.69 bits per heavy atom. The van der Waals surface area contributed by atoms with E-state index in [0.29, 0.717) is 5.69 Å². The summed E-state index contributed by atoms with van der Waals surface area (Å²) in [6, 6.07) is 15.1. The minimum atomic E-state index is -1.18. The largest absolute Gasteiger partial charge is 0.478 e. The smallest absolute Gasteiger partial charge is 0.407 e. The molecule has 3 N–H and O–H groups in total. The number of amides is 2. The molecule has 2 aromatic carbocycles. The quantitative estimate of drug-likeness (QED) is 0.521. The Balaban J connectivity index is 1.37. The molecule has 1 aliphatic rings. The summed E-state index contributed by atoms with van der Waals surface area (Å²) in [6.07, 6.45) is -0.728. The van der Waals surface area contributed by atoms with Crippen molar-refractivity contribution < 1.29 is 24.2 Å². The summed E-state index contributed by atoms with van der Waals surface area (Å²) in [5.74, 6) is -1.83. The van der Waals surface area contributed by atoms with Gasteiger partial charge in [-0.15, -0.1) is 0 Å². The number of rotatable bonds is 6. The molecule has 0 aliphatic heterocycles. The zero-order valence-electron chi connectivity index (χ0n) is 17.4. The third kappa shape index (κ3) is 4.06. The molecule has 0 bridgehead atoms. The number of nitrogens with one attached hydrogen (secondary N) is 2. The van der Waals surface area contributed by atoms with Gasteiger partial charge in [-0.05, 0) is 47.6 Å². The van der Waals surface area contributed by atoms with Crippen LogP contribution in [0.4, 0.5) is 9.80 Å². The van der Waals surface area contributed by atoms with Gasteiger partial charge in [-0.25, -0.2) is 9.59 Å². The topological polar surface area (TPSA) is 118 Å². The first-order valence-corrected chi connectivity index (χ1v) is 10.8. The van der Waals surface area contributed by atoms with Crippen LogP contribution in [0.2, 0.25) is 0 Å². The fraction of sp³-hybridized carbons (Fsp3) is 0.217. The highest BCUT2D eigenvalue weighted by atomic mass is 32.1. The lowest BCUT2D eigenvalue weighted by Crippen LogP contribution is -2.42. The van der Waals surface area contributed by atoms with Crippen LogP contribution in [0.15, 0.2) is 48.5 Å². The SMILES string of the molecule is Cc1nsc(NC(=O)C(C)NC(=O)OCC2c3ccccc3-c3ccccc32)c1C(=O)O. The van der Waals surface area contributed by atoms with Crippen molar-refractivity contribution in [1.82, 2.24) is 9.69 Å². The molecule has 1 atom stereocenters. The molecule has 32 heavy (non-hydrogen) atoms. The zero-order valence-corrected chi connectivity index (χ0v) is 18.2. The number of ether oxygens (including phenoxy) is 1. The van der Waals surface area contributed by atoms with E-state index < -0.39 is 24.0 Å². The number of hydrogen-bond donors (Lipinski definition) is 3. The fourth-order valence-electron chi connectivity index (χ4n) is 3.81. The lowest BCUT2D eigenvalue weighted by atomic mass is 9.98. The Hall–Kier alpha value is -3.72. The molecule has 0 saturated carbocycles. The van der Waals surface area contributed by atoms with Crippen molar-refractivity contribution in [3.05, 3.63) is 70.9 Å². The van der Waals surface area contributed by atoms with Crippen LogP contribution in [-0.4, -0.2) is 40.1 Å². The van der Waals surface area contributed by atoms with E-state index in [1.165, 1.54) is 6.92 Å². The molecular weight excluding hydrogens is 430 g/mol. The lowest BCUT2D eigenvalue weighted by Gasteiger charge is -2.17. The molecule has 164 valence electrons. The number of carboxylic acids is 1. The number of aryl methyl sites for hydroxylation is 1. The Labute approximate surface area is 188 Å². The normalized spacial score (nSPS) is 13.1. The number of aromatic carboxylic acids is 1. The molecule has 1 heterocycles. The van der Waals surface area contributed by atoms with Gasteiger partial charge in [0.15, 0.2) is 0 Å². The maximum atomic E-state index is 12.4. The predicted octanol–water partition coefficient (Wildman–Crippen LogP) is 4.02. The summed E-state index contributed by atoms with van der Waals surface area (Å²) in [7, 11) is 0. The second kappa shape index (κ2) is 8.80. The minimum Gasteiger partial charge on any atom is -0.478 e. The van der Waals surface area contributed by atoms with Gasteiger partial charge in [0.05, 0.1) is 5.69 Å². The van der Waals surface area contributed by atoms with E-state index >= 15 is 0 Å². The van der Waals surface area contributed by atoms with Crippen LogP contribution in [0.3, 0.4) is 0 Å². The van der Waals surface area contributed by atoms with Gasteiger partial charge in [-0.2, -0.15) is 4.37 Å². The number of carboxylic acid groups (broad SMARTS) is 1. The van der Waals surface area contributed by atoms with E-state index in [1.54, 1.807) is 6.92 Å². The van der Waals surface area contributed by atoms with Crippen LogP contribution in [-0.2, 0) is 9.53 Å². The molecule has 0 fully saturated rings. The molecule has 1 unspecified atom stereocenters. The third-order valence-electron chi connectivity index (χ3n) is 5.38. The van der Waals surface area contributed by atoms with Gasteiger partial charge in [0.2, 0.25) is 5.91 Å². The van der Waals surface area contributed by atoms with Gasteiger partial charge in [0.1, 0.15) is 23.2 Å². The summed E-state index contributed by atoms with van der Waals surface area (Å²) in [5, 5.41) is 14.4. The van der Waals surface area contributed by atoms with Crippen molar-refractivity contribution in [1.29, 1.82) is 0 Å². The number of carbonyl (C=O) groups excluding carboxylic acids is 2. The zero-order chi connectivity index (χ0) is 22.8. The first kappa shape index (κ1) is 21.5. The van der Waals surface area contributed by atoms with E-state index in [4.69, 9.17) is 4.74 Å². The molecule has 4 rings (SSSR count). The minimum absolute atomic E-state index is 0.0586. The number of aromatic nitrogens is 1. The second-order valence-corrected chi connectivity index (χ2v) is 8.23. The molecular formula is C23H21N3O5S. The number of anilines is 1. The number of hydrogen-bond acceptors (Lipinski definition) is 6. The summed E-state index contributed by atoms with van der Waals surface area (Å²) in [6.45, 7) is 3.17. The van der Waals surface area contributed by atoms with Crippen LogP contribution in [0.25, 0.3) is 11.1 Å². The standard InChI is InChI=1S/C23H21N3O5S/c1-12-19(22(28)29)21(32-26-12)25-20(27)13(2)24-23(30)31-11-18-16-9-5-3-7-14(16)15-8-4-6-10-17(15)18/h3-10,13,18H,11H2,1-2H3,(H,24,30)(H,25,27)(H,28,29). The summed E-state index contributed by atoms with van der Waals surface area (Å²) in [5.41, 5.74) is 4.69. The van der Waals surface area contributed by atoms with Crippen LogP contribution in [0.1, 0.15) is 40.0 Å². The number of benzene rings is 2. The Morgan fingerprint density at radius 3 is 2.28 bits per heavy atom. The summed E-state index contributed by atoms with van der Waals surface area (Å²) >= 11 is 0.876. The first-order chi connectivity index (χ1) is 15.4. The number of nitrogens with zero attached hydrogens (tertiary/aromatic N) is 1. The summed E-state index contributed by atoms with van der Waals surface area (Å²) < 4.78 is 9.40. The van der Waals surface area contributed by atoms with Crippen LogP contribution >= 0.6 is 11.5 Å². The van der Waals surface area contributed by atoms with E-state index in [2.05, 4.69) is 15.0 Å².